The molecule has 0 spiro atoms. The molecule has 0 amide bonds. The lowest BCUT2D eigenvalue weighted by Crippen LogP contribution is -2.21. The lowest BCUT2D eigenvalue weighted by atomic mass is 9.98. The van der Waals surface area contributed by atoms with E-state index in [-0.39, 0.29) is 12.1 Å². The van der Waals surface area contributed by atoms with Gasteiger partial charge in [-0.05, 0) is 66.2 Å². The van der Waals surface area contributed by atoms with E-state index in [1.807, 2.05) is 23.8 Å². The van der Waals surface area contributed by atoms with Crippen LogP contribution in [0.25, 0.3) is 0 Å². The maximum absolute atomic E-state index is 12.3. The molecule has 0 atom stereocenters. The van der Waals surface area contributed by atoms with Crippen molar-refractivity contribution in [2.75, 3.05) is 0 Å². The number of carbonyl (C=O) groups is 1. The number of hydrogen-bond donors (Lipinski definition) is 0. The van der Waals surface area contributed by atoms with Crippen molar-refractivity contribution in [3.8, 4) is 0 Å². The van der Waals surface area contributed by atoms with Crippen LogP contribution in [0, 0.1) is 6.92 Å². The van der Waals surface area contributed by atoms with Crippen molar-refractivity contribution in [3.63, 3.8) is 0 Å². The van der Waals surface area contributed by atoms with Gasteiger partial charge in [0, 0.05) is 11.2 Å². The number of hydrogen-bond acceptors (Lipinski definition) is 3. The average molecular weight is 412 g/mol. The van der Waals surface area contributed by atoms with Gasteiger partial charge in [0.2, 0.25) is 0 Å². The molecule has 1 aliphatic carbocycles. The van der Waals surface area contributed by atoms with E-state index in [0.717, 1.165) is 41.7 Å². The highest BCUT2D eigenvalue weighted by molar-refractivity contribution is 9.10. The highest BCUT2D eigenvalue weighted by Crippen LogP contribution is 2.24. The maximum Gasteiger partial charge on any atom is 0.338 e. The largest absolute Gasteiger partial charge is 0.459 e. The van der Waals surface area contributed by atoms with Crippen molar-refractivity contribution in [1.29, 1.82) is 0 Å². The molecule has 1 heterocycles. The Morgan fingerprint density at radius 3 is 2.75 bits per heavy atom. The summed E-state index contributed by atoms with van der Waals surface area (Å²) in [4.78, 5) is 16.6. The van der Waals surface area contributed by atoms with Crippen molar-refractivity contribution in [1.82, 2.24) is 9.55 Å². The Kier molecular flexibility index (Phi) is 5.61. The van der Waals surface area contributed by atoms with Gasteiger partial charge >= 0.3 is 5.97 Å². The van der Waals surface area contributed by atoms with Crippen LogP contribution in [0.2, 0.25) is 5.02 Å². The fraction of sp³-hybridized carbons (Fsp3) is 0.444. The van der Waals surface area contributed by atoms with Gasteiger partial charge in [0.15, 0.2) is 0 Å². The van der Waals surface area contributed by atoms with Crippen LogP contribution < -0.4 is 0 Å². The van der Waals surface area contributed by atoms with Gasteiger partial charge in [0.05, 0.1) is 12.1 Å². The van der Waals surface area contributed by atoms with Gasteiger partial charge < -0.3 is 9.30 Å². The molecule has 0 radical (unpaired) electrons. The molecule has 3 rings (SSSR count). The van der Waals surface area contributed by atoms with E-state index in [1.54, 1.807) is 12.1 Å². The summed E-state index contributed by atoms with van der Waals surface area (Å²) in [6.07, 6.45) is 7.40. The number of aryl methyl sites for hydroxylation is 1. The molecule has 1 aliphatic rings. The smallest absolute Gasteiger partial charge is 0.338 e. The predicted octanol–water partition coefficient (Wildman–Crippen LogP) is 5.15. The molecule has 0 aliphatic heterocycles. The second-order valence-corrected chi connectivity index (χ2v) is 7.43. The zero-order valence-electron chi connectivity index (χ0n) is 13.6. The predicted molar refractivity (Wildman–Crippen MR) is 97.5 cm³/mol. The Balaban J connectivity index is 1.69. The number of rotatable bonds is 4. The fourth-order valence-corrected chi connectivity index (χ4v) is 3.76. The van der Waals surface area contributed by atoms with Crippen LogP contribution >= 0.6 is 27.5 Å². The number of esters is 1. The van der Waals surface area contributed by atoms with Crippen LogP contribution in [0.3, 0.4) is 0 Å². The number of benzene rings is 1. The maximum atomic E-state index is 12.3. The van der Waals surface area contributed by atoms with Gasteiger partial charge in [0.25, 0.3) is 0 Å². The van der Waals surface area contributed by atoms with E-state index in [2.05, 4.69) is 20.9 Å². The molecule has 1 fully saturated rings. The summed E-state index contributed by atoms with van der Waals surface area (Å²) in [7, 11) is 0. The lowest BCUT2D eigenvalue weighted by Gasteiger charge is -2.21. The quantitative estimate of drug-likeness (QED) is 0.654. The molecule has 0 N–H and O–H groups in total. The first-order valence-corrected chi connectivity index (χ1v) is 9.38. The third-order valence-corrected chi connectivity index (χ3v) is 5.14. The number of halogens is 2. The van der Waals surface area contributed by atoms with E-state index >= 15 is 0 Å². The Morgan fingerprint density at radius 1 is 1.38 bits per heavy atom. The standard InChI is InChI=1S/C18H20BrClN2O2/c1-12-21-17(19)11-22(12)10-14-8-7-13(9-16(14)20)18(23)24-15-5-3-2-4-6-15/h7-9,11,15H,2-6,10H2,1H3. The molecule has 4 nitrogen and oxygen atoms in total. The third-order valence-electron chi connectivity index (χ3n) is 4.40. The van der Waals surface area contributed by atoms with Crippen molar-refractivity contribution in [2.24, 2.45) is 0 Å². The van der Waals surface area contributed by atoms with Crippen molar-refractivity contribution < 1.29 is 9.53 Å². The van der Waals surface area contributed by atoms with E-state index in [1.165, 1.54) is 6.42 Å². The van der Waals surface area contributed by atoms with Crippen molar-refractivity contribution in [3.05, 3.63) is 51.0 Å². The Morgan fingerprint density at radius 2 is 2.12 bits per heavy atom. The summed E-state index contributed by atoms with van der Waals surface area (Å²) in [5.41, 5.74) is 1.46. The molecule has 0 saturated heterocycles. The van der Waals surface area contributed by atoms with Crippen LogP contribution in [0.4, 0.5) is 0 Å². The molecule has 0 unspecified atom stereocenters. The van der Waals surface area contributed by atoms with Gasteiger partial charge in [0.1, 0.15) is 16.5 Å². The summed E-state index contributed by atoms with van der Waals surface area (Å²) >= 11 is 9.74. The minimum atomic E-state index is -0.281. The molecule has 1 saturated carbocycles. The molecule has 1 aromatic heterocycles. The third kappa shape index (κ3) is 4.19. The fourth-order valence-electron chi connectivity index (χ4n) is 3.02. The van der Waals surface area contributed by atoms with E-state index < -0.39 is 0 Å². The SMILES string of the molecule is Cc1nc(Br)cn1Cc1ccc(C(=O)OC2CCCCC2)cc1Cl. The Hall–Kier alpha value is -1.33. The number of ether oxygens (including phenoxy) is 1. The van der Waals surface area contributed by atoms with E-state index in [9.17, 15) is 4.79 Å². The summed E-state index contributed by atoms with van der Waals surface area (Å²) in [5, 5.41) is 0.567. The molecule has 0 bridgehead atoms. The second kappa shape index (κ2) is 7.70. The molecule has 6 heteroatoms. The number of carbonyl (C=O) groups excluding carboxylic acids is 1. The first-order chi connectivity index (χ1) is 11.5. The summed E-state index contributed by atoms with van der Waals surface area (Å²) in [6.45, 7) is 2.55. The molecule has 2 aromatic rings. The Bertz CT molecular complexity index is 739. The second-order valence-electron chi connectivity index (χ2n) is 6.21. The number of nitrogens with zero attached hydrogens (tertiary/aromatic N) is 2. The first kappa shape index (κ1) is 17.5. The van der Waals surface area contributed by atoms with E-state index in [4.69, 9.17) is 16.3 Å². The summed E-state index contributed by atoms with van der Waals surface area (Å²) in [6, 6.07) is 5.37. The van der Waals surface area contributed by atoms with Gasteiger partial charge in [-0.25, -0.2) is 9.78 Å². The average Bonchev–Trinajstić information content (AvgIpc) is 2.87. The topological polar surface area (TPSA) is 44.1 Å². The zero-order valence-corrected chi connectivity index (χ0v) is 15.9. The number of aromatic nitrogens is 2. The molecule has 128 valence electrons. The highest BCUT2D eigenvalue weighted by atomic mass is 79.9. The minimum Gasteiger partial charge on any atom is -0.459 e. The molecule has 1 aromatic carbocycles. The van der Waals surface area contributed by atoms with Gasteiger partial charge in [-0.2, -0.15) is 0 Å². The summed E-state index contributed by atoms with van der Waals surface area (Å²) in [5.74, 6) is 0.621. The van der Waals surface area contributed by atoms with Gasteiger partial charge in [-0.15, -0.1) is 0 Å². The summed E-state index contributed by atoms with van der Waals surface area (Å²) < 4.78 is 8.39. The van der Waals surface area contributed by atoms with Crippen LogP contribution in [0.5, 0.6) is 0 Å². The highest BCUT2D eigenvalue weighted by Gasteiger charge is 2.19. The number of imidazole rings is 1. The molecular weight excluding hydrogens is 392 g/mol. The van der Waals surface area contributed by atoms with Gasteiger partial charge in [-0.3, -0.25) is 0 Å². The lowest BCUT2D eigenvalue weighted by molar-refractivity contribution is 0.0211. The van der Waals surface area contributed by atoms with Crippen LogP contribution in [0.1, 0.15) is 53.8 Å². The van der Waals surface area contributed by atoms with Gasteiger partial charge in [-0.1, -0.05) is 24.1 Å². The van der Waals surface area contributed by atoms with Crippen LogP contribution in [-0.4, -0.2) is 21.6 Å². The van der Waals surface area contributed by atoms with Crippen molar-refractivity contribution >= 4 is 33.5 Å². The minimum absolute atomic E-state index is 0.0515. The van der Waals surface area contributed by atoms with Crippen molar-refractivity contribution in [2.45, 2.75) is 51.7 Å². The van der Waals surface area contributed by atoms with Crippen LogP contribution in [-0.2, 0) is 11.3 Å². The normalized spacial score (nSPS) is 15.5. The zero-order chi connectivity index (χ0) is 17.1. The monoisotopic (exact) mass is 410 g/mol. The Labute approximate surface area is 155 Å². The molecule has 24 heavy (non-hydrogen) atoms. The van der Waals surface area contributed by atoms with Crippen LogP contribution in [0.15, 0.2) is 29.0 Å². The van der Waals surface area contributed by atoms with E-state index in [0.29, 0.717) is 17.1 Å². The molecular formula is C18H20BrClN2O2. The first-order valence-electron chi connectivity index (χ1n) is 8.21.